The van der Waals surface area contributed by atoms with Crippen LogP contribution in [0, 0.1) is 12.3 Å². The van der Waals surface area contributed by atoms with Gasteiger partial charge in [0.15, 0.2) is 0 Å². The molecule has 0 amide bonds. The Hall–Kier alpha value is -0.280. The highest BCUT2D eigenvalue weighted by molar-refractivity contribution is 9.10. The molecule has 0 saturated carbocycles. The average molecular weight is 320 g/mol. The van der Waals surface area contributed by atoms with Crippen LogP contribution in [0.5, 0.6) is 0 Å². The molecule has 2 nitrogen and oxygen atoms in total. The summed E-state index contributed by atoms with van der Waals surface area (Å²) in [7, 11) is 0. The molecule has 17 heavy (non-hydrogen) atoms. The van der Waals surface area contributed by atoms with Gasteiger partial charge in [0.2, 0.25) is 0 Å². The third kappa shape index (κ3) is 5.73. The molecule has 0 aliphatic rings. The Bertz CT molecular complexity index is 374. The number of nitrogens with zero attached hydrogens (tertiary/aromatic N) is 1. The molecule has 0 spiro atoms. The molecule has 1 N–H and O–H groups in total. The van der Waals surface area contributed by atoms with Crippen LogP contribution >= 0.6 is 27.5 Å². The zero-order valence-corrected chi connectivity index (χ0v) is 13.2. The summed E-state index contributed by atoms with van der Waals surface area (Å²) in [4.78, 5) is 4.33. The van der Waals surface area contributed by atoms with Crippen LogP contribution < -0.4 is 5.32 Å². The largest absolute Gasteiger partial charge is 0.368 e. The Kier molecular flexibility index (Phi) is 5.26. The van der Waals surface area contributed by atoms with Crippen molar-refractivity contribution < 1.29 is 0 Å². The summed E-state index contributed by atoms with van der Waals surface area (Å²) in [5, 5.41) is 3.39. The maximum absolute atomic E-state index is 6.29. The maximum atomic E-state index is 6.29. The summed E-state index contributed by atoms with van der Waals surface area (Å²) in [6.45, 7) is 9.34. The van der Waals surface area contributed by atoms with Crippen molar-refractivity contribution in [2.24, 2.45) is 5.41 Å². The Balaban J connectivity index is 2.50. The Morgan fingerprint density at radius 2 is 2.12 bits per heavy atom. The van der Waals surface area contributed by atoms with Crippen LogP contribution in [0.15, 0.2) is 16.7 Å². The number of nitrogens with one attached hydrogen (secondary N) is 1. The van der Waals surface area contributed by atoms with Gasteiger partial charge >= 0.3 is 0 Å². The van der Waals surface area contributed by atoms with Crippen LogP contribution in [0.3, 0.4) is 0 Å². The molecule has 0 aromatic carbocycles. The number of pyridine rings is 1. The summed E-state index contributed by atoms with van der Waals surface area (Å²) < 4.78 is 0.983. The Labute approximate surface area is 117 Å². The fourth-order valence-corrected chi connectivity index (χ4v) is 2.75. The van der Waals surface area contributed by atoms with E-state index in [2.05, 4.69) is 47.0 Å². The zero-order chi connectivity index (χ0) is 13.1. The van der Waals surface area contributed by atoms with Gasteiger partial charge in [0.25, 0.3) is 0 Å². The lowest BCUT2D eigenvalue weighted by Gasteiger charge is -2.22. The lowest BCUT2D eigenvalue weighted by molar-refractivity contribution is 0.373. The van der Waals surface area contributed by atoms with Gasteiger partial charge in [-0.3, -0.25) is 0 Å². The summed E-state index contributed by atoms with van der Waals surface area (Å²) >= 11 is 9.78. The maximum Gasteiger partial charge on any atom is 0.140 e. The number of hydrogen-bond donors (Lipinski definition) is 1. The van der Waals surface area contributed by atoms with Crippen LogP contribution in [0.2, 0.25) is 0 Å². The second-order valence-electron chi connectivity index (χ2n) is 5.59. The molecule has 1 atom stereocenters. The molecule has 0 bridgehead atoms. The molecule has 0 saturated heterocycles. The first kappa shape index (κ1) is 14.8. The van der Waals surface area contributed by atoms with Crippen molar-refractivity contribution in [1.82, 2.24) is 4.98 Å². The van der Waals surface area contributed by atoms with E-state index in [1.54, 1.807) is 0 Å². The molecule has 1 aromatic heterocycles. The molecule has 1 rings (SSSR count). The first-order valence-corrected chi connectivity index (χ1v) is 7.01. The van der Waals surface area contributed by atoms with Crippen LogP contribution in [0.4, 0.5) is 5.82 Å². The van der Waals surface area contributed by atoms with Gasteiger partial charge in [-0.15, -0.1) is 11.6 Å². The molecule has 0 fully saturated rings. The van der Waals surface area contributed by atoms with E-state index in [9.17, 15) is 0 Å². The summed E-state index contributed by atoms with van der Waals surface area (Å²) in [5.41, 5.74) is 1.39. The molecule has 1 aromatic rings. The number of halogens is 2. The predicted molar refractivity (Wildman–Crippen MR) is 78.9 cm³/mol. The molecule has 96 valence electrons. The molecule has 1 unspecified atom stereocenters. The van der Waals surface area contributed by atoms with E-state index in [0.717, 1.165) is 28.8 Å². The minimum absolute atomic E-state index is 0.116. The van der Waals surface area contributed by atoms with E-state index in [1.807, 2.05) is 19.2 Å². The standard InChI is InChI=1S/C13H20BrClN2/c1-9-5-11(14)12(16-7-9)17-8-10(15)6-13(2,3)4/h5,7,10H,6,8H2,1-4H3,(H,16,17). The number of hydrogen-bond acceptors (Lipinski definition) is 2. The van der Waals surface area contributed by atoms with Crippen molar-refractivity contribution in [2.45, 2.75) is 39.5 Å². The van der Waals surface area contributed by atoms with Crippen LogP contribution in [0.25, 0.3) is 0 Å². The summed E-state index contributed by atoms with van der Waals surface area (Å²) in [5.74, 6) is 0.857. The molecule has 4 heteroatoms. The normalized spacial score (nSPS) is 13.5. The monoisotopic (exact) mass is 318 g/mol. The molecule has 0 radical (unpaired) electrons. The Morgan fingerprint density at radius 1 is 1.47 bits per heavy atom. The number of rotatable bonds is 4. The highest BCUT2D eigenvalue weighted by atomic mass is 79.9. The van der Waals surface area contributed by atoms with Crippen molar-refractivity contribution in [2.75, 3.05) is 11.9 Å². The van der Waals surface area contributed by atoms with E-state index < -0.39 is 0 Å². The third-order valence-electron chi connectivity index (χ3n) is 2.30. The van der Waals surface area contributed by atoms with Gasteiger partial charge in [0, 0.05) is 12.7 Å². The smallest absolute Gasteiger partial charge is 0.140 e. The van der Waals surface area contributed by atoms with Gasteiger partial charge in [0.1, 0.15) is 5.82 Å². The van der Waals surface area contributed by atoms with Crippen LogP contribution in [-0.4, -0.2) is 16.9 Å². The SMILES string of the molecule is Cc1cnc(NCC(Cl)CC(C)(C)C)c(Br)c1. The minimum atomic E-state index is 0.116. The molecular weight excluding hydrogens is 300 g/mol. The van der Waals surface area contributed by atoms with E-state index in [-0.39, 0.29) is 10.8 Å². The molecule has 1 heterocycles. The highest BCUT2D eigenvalue weighted by Gasteiger charge is 2.16. The van der Waals surface area contributed by atoms with Gasteiger partial charge in [-0.1, -0.05) is 20.8 Å². The van der Waals surface area contributed by atoms with Gasteiger partial charge in [0.05, 0.1) is 9.85 Å². The van der Waals surface area contributed by atoms with Gasteiger partial charge < -0.3 is 5.32 Å². The second-order valence-corrected chi connectivity index (χ2v) is 7.06. The second kappa shape index (κ2) is 6.05. The quantitative estimate of drug-likeness (QED) is 0.820. The van der Waals surface area contributed by atoms with E-state index >= 15 is 0 Å². The topological polar surface area (TPSA) is 24.9 Å². The number of anilines is 1. The van der Waals surface area contributed by atoms with E-state index in [1.165, 1.54) is 0 Å². The zero-order valence-electron chi connectivity index (χ0n) is 10.8. The third-order valence-corrected chi connectivity index (χ3v) is 3.22. The predicted octanol–water partition coefficient (Wildman–Crippen LogP) is 4.61. The van der Waals surface area contributed by atoms with Crippen molar-refractivity contribution in [3.8, 4) is 0 Å². The summed E-state index contributed by atoms with van der Waals surface area (Å²) in [6.07, 6.45) is 2.82. The summed E-state index contributed by atoms with van der Waals surface area (Å²) in [6, 6.07) is 2.04. The first-order valence-electron chi connectivity index (χ1n) is 5.78. The number of alkyl halides is 1. The fourth-order valence-electron chi connectivity index (χ4n) is 1.61. The number of aromatic nitrogens is 1. The van der Waals surface area contributed by atoms with Crippen LogP contribution in [-0.2, 0) is 0 Å². The number of aryl methyl sites for hydroxylation is 1. The van der Waals surface area contributed by atoms with E-state index in [0.29, 0.717) is 0 Å². The lowest BCUT2D eigenvalue weighted by atomic mass is 9.90. The van der Waals surface area contributed by atoms with Gasteiger partial charge in [-0.2, -0.15) is 0 Å². The fraction of sp³-hybridized carbons (Fsp3) is 0.615. The lowest BCUT2D eigenvalue weighted by Crippen LogP contribution is -2.21. The molecular formula is C13H20BrClN2. The van der Waals surface area contributed by atoms with Crippen LogP contribution in [0.1, 0.15) is 32.8 Å². The van der Waals surface area contributed by atoms with Crippen molar-refractivity contribution in [3.05, 3.63) is 22.3 Å². The van der Waals surface area contributed by atoms with Crippen molar-refractivity contribution in [1.29, 1.82) is 0 Å². The van der Waals surface area contributed by atoms with Crippen molar-refractivity contribution in [3.63, 3.8) is 0 Å². The van der Waals surface area contributed by atoms with Crippen molar-refractivity contribution >= 4 is 33.3 Å². The molecule has 0 aliphatic carbocycles. The average Bonchev–Trinajstić information content (AvgIpc) is 2.13. The van der Waals surface area contributed by atoms with E-state index in [4.69, 9.17) is 11.6 Å². The minimum Gasteiger partial charge on any atom is -0.368 e. The Morgan fingerprint density at radius 3 is 2.65 bits per heavy atom. The van der Waals surface area contributed by atoms with Gasteiger partial charge in [-0.05, 0) is 46.3 Å². The van der Waals surface area contributed by atoms with Gasteiger partial charge in [-0.25, -0.2) is 4.98 Å². The first-order chi connectivity index (χ1) is 7.78. The molecule has 0 aliphatic heterocycles. The highest BCUT2D eigenvalue weighted by Crippen LogP contribution is 2.25.